The van der Waals surface area contributed by atoms with Crippen LogP contribution in [0.3, 0.4) is 0 Å². The van der Waals surface area contributed by atoms with Crippen LogP contribution in [-0.2, 0) is 4.79 Å². The number of rotatable bonds is 4. The number of thiazole rings is 1. The molecule has 2 aromatic rings. The van der Waals surface area contributed by atoms with E-state index in [9.17, 15) is 9.59 Å². The van der Waals surface area contributed by atoms with E-state index >= 15 is 0 Å². The van der Waals surface area contributed by atoms with E-state index in [1.807, 2.05) is 46.8 Å². The average Bonchev–Trinajstić information content (AvgIpc) is 2.80. The van der Waals surface area contributed by atoms with Crippen LogP contribution in [0.25, 0.3) is 0 Å². The van der Waals surface area contributed by atoms with E-state index in [-0.39, 0.29) is 18.4 Å². The molecule has 0 aliphatic carbocycles. The minimum absolute atomic E-state index is 0.00196. The Hall–Kier alpha value is -2.21. The lowest BCUT2D eigenvalue weighted by molar-refractivity contribution is -0.116. The maximum atomic E-state index is 12.5. The Morgan fingerprint density at radius 1 is 1.12 bits per heavy atom. The minimum Gasteiger partial charge on any atom is -0.332 e. The zero-order valence-corrected chi connectivity index (χ0v) is 15.8. The van der Waals surface area contributed by atoms with Gasteiger partial charge >= 0.3 is 0 Å². The SMILES string of the molecule is Cc1cc(C)c(NC(=O)CN(C)C(=O)c2sc(C)nc2C)c(C)c1. The van der Waals surface area contributed by atoms with E-state index in [1.54, 1.807) is 7.05 Å². The molecule has 0 atom stereocenters. The van der Waals surface area contributed by atoms with Gasteiger partial charge in [-0.1, -0.05) is 17.7 Å². The summed E-state index contributed by atoms with van der Waals surface area (Å²) in [5, 5.41) is 3.76. The summed E-state index contributed by atoms with van der Waals surface area (Å²) in [7, 11) is 1.63. The molecule has 0 saturated heterocycles. The van der Waals surface area contributed by atoms with E-state index in [0.29, 0.717) is 10.6 Å². The normalized spacial score (nSPS) is 10.6. The molecule has 0 spiro atoms. The topological polar surface area (TPSA) is 62.3 Å². The van der Waals surface area contributed by atoms with Gasteiger partial charge in [-0.25, -0.2) is 4.98 Å². The smallest absolute Gasteiger partial charge is 0.266 e. The van der Waals surface area contributed by atoms with Gasteiger partial charge in [-0.2, -0.15) is 0 Å². The van der Waals surface area contributed by atoms with Crippen molar-refractivity contribution in [2.24, 2.45) is 0 Å². The quantitative estimate of drug-likeness (QED) is 0.924. The summed E-state index contributed by atoms with van der Waals surface area (Å²) in [5.74, 6) is -0.384. The maximum absolute atomic E-state index is 12.5. The Labute approximate surface area is 146 Å². The number of carbonyl (C=O) groups excluding carboxylic acids is 2. The first kappa shape index (κ1) is 18.1. The minimum atomic E-state index is -0.209. The predicted molar refractivity (Wildman–Crippen MR) is 97.8 cm³/mol. The molecule has 0 aliphatic heterocycles. The standard InChI is InChI=1S/C18H23N3O2S/c1-10-7-11(2)16(12(3)8-10)20-15(22)9-21(6)18(23)17-13(4)19-14(5)24-17/h7-8H,9H2,1-6H3,(H,20,22). The second kappa shape index (κ2) is 7.13. The monoisotopic (exact) mass is 345 g/mol. The van der Waals surface area contributed by atoms with Crippen LogP contribution in [0.15, 0.2) is 12.1 Å². The number of benzene rings is 1. The second-order valence-electron chi connectivity index (χ2n) is 6.13. The second-order valence-corrected chi connectivity index (χ2v) is 7.33. The van der Waals surface area contributed by atoms with Crippen LogP contribution in [-0.4, -0.2) is 35.3 Å². The molecule has 0 fully saturated rings. The largest absolute Gasteiger partial charge is 0.332 e. The summed E-state index contributed by atoms with van der Waals surface area (Å²) in [5.41, 5.74) is 4.72. The van der Waals surface area contributed by atoms with Crippen LogP contribution in [0.2, 0.25) is 0 Å². The van der Waals surface area contributed by atoms with E-state index in [4.69, 9.17) is 0 Å². The average molecular weight is 345 g/mol. The summed E-state index contributed by atoms with van der Waals surface area (Å²) < 4.78 is 0. The van der Waals surface area contributed by atoms with Crippen LogP contribution in [0.5, 0.6) is 0 Å². The highest BCUT2D eigenvalue weighted by molar-refractivity contribution is 7.13. The lowest BCUT2D eigenvalue weighted by Crippen LogP contribution is -2.35. The number of anilines is 1. The van der Waals surface area contributed by atoms with Gasteiger partial charge in [-0.15, -0.1) is 11.3 Å². The van der Waals surface area contributed by atoms with Crippen molar-refractivity contribution in [2.75, 3.05) is 18.9 Å². The lowest BCUT2D eigenvalue weighted by atomic mass is 10.1. The van der Waals surface area contributed by atoms with Gasteiger partial charge in [0.05, 0.1) is 17.2 Å². The summed E-state index contributed by atoms with van der Waals surface area (Å²) >= 11 is 1.35. The van der Waals surface area contributed by atoms with Gasteiger partial charge in [-0.05, 0) is 45.7 Å². The van der Waals surface area contributed by atoms with Gasteiger partial charge in [0.15, 0.2) is 0 Å². The van der Waals surface area contributed by atoms with Crippen molar-refractivity contribution in [3.8, 4) is 0 Å². The molecule has 1 aromatic heterocycles. The van der Waals surface area contributed by atoms with Crippen molar-refractivity contribution < 1.29 is 9.59 Å². The first-order valence-electron chi connectivity index (χ1n) is 7.76. The Balaban J connectivity index is 2.07. The molecule has 0 bridgehead atoms. The summed E-state index contributed by atoms with van der Waals surface area (Å²) in [6.07, 6.45) is 0. The molecule has 0 radical (unpaired) electrons. The fourth-order valence-electron chi connectivity index (χ4n) is 2.75. The number of carbonyl (C=O) groups is 2. The van der Waals surface area contributed by atoms with Crippen molar-refractivity contribution in [2.45, 2.75) is 34.6 Å². The molecule has 0 unspecified atom stereocenters. The number of nitrogens with one attached hydrogen (secondary N) is 1. The fourth-order valence-corrected chi connectivity index (χ4v) is 3.66. The number of aryl methyl sites for hydroxylation is 5. The third-order valence-corrected chi connectivity index (χ3v) is 4.83. The predicted octanol–water partition coefficient (Wildman–Crippen LogP) is 3.40. The summed E-state index contributed by atoms with van der Waals surface area (Å²) in [6.45, 7) is 9.63. The van der Waals surface area contributed by atoms with Crippen LogP contribution >= 0.6 is 11.3 Å². The Morgan fingerprint density at radius 2 is 1.71 bits per heavy atom. The van der Waals surface area contributed by atoms with Crippen LogP contribution in [0.4, 0.5) is 5.69 Å². The van der Waals surface area contributed by atoms with E-state index in [1.165, 1.54) is 16.2 Å². The zero-order valence-electron chi connectivity index (χ0n) is 15.0. The van der Waals surface area contributed by atoms with Gasteiger partial charge in [0.2, 0.25) is 5.91 Å². The molecular weight excluding hydrogens is 322 g/mol. The maximum Gasteiger partial charge on any atom is 0.266 e. The Kier molecular flexibility index (Phi) is 5.39. The van der Waals surface area contributed by atoms with Crippen molar-refractivity contribution in [1.82, 2.24) is 9.88 Å². The van der Waals surface area contributed by atoms with Gasteiger partial charge in [-0.3, -0.25) is 9.59 Å². The number of aromatic nitrogens is 1. The molecule has 2 amide bonds. The van der Waals surface area contributed by atoms with Crippen LogP contribution < -0.4 is 5.32 Å². The first-order chi connectivity index (χ1) is 11.2. The van der Waals surface area contributed by atoms with Crippen LogP contribution in [0.1, 0.15) is 37.1 Å². The fraction of sp³-hybridized carbons (Fsp3) is 0.389. The molecule has 6 heteroatoms. The highest BCUT2D eigenvalue weighted by Crippen LogP contribution is 2.22. The van der Waals surface area contributed by atoms with E-state index in [0.717, 1.165) is 27.4 Å². The molecule has 1 aromatic carbocycles. The highest BCUT2D eigenvalue weighted by atomic mass is 32.1. The number of hydrogen-bond donors (Lipinski definition) is 1. The number of likely N-dealkylation sites (N-methyl/N-ethyl adjacent to an activating group) is 1. The van der Waals surface area contributed by atoms with Gasteiger partial charge in [0.1, 0.15) is 4.88 Å². The highest BCUT2D eigenvalue weighted by Gasteiger charge is 2.20. The molecule has 0 saturated carbocycles. The zero-order chi connectivity index (χ0) is 18.0. The lowest BCUT2D eigenvalue weighted by Gasteiger charge is -2.18. The van der Waals surface area contributed by atoms with Crippen molar-refractivity contribution in [3.05, 3.63) is 44.4 Å². The van der Waals surface area contributed by atoms with Crippen molar-refractivity contribution >= 4 is 28.8 Å². The van der Waals surface area contributed by atoms with Crippen molar-refractivity contribution in [3.63, 3.8) is 0 Å². The van der Waals surface area contributed by atoms with Gasteiger partial charge < -0.3 is 10.2 Å². The number of amides is 2. The number of hydrogen-bond acceptors (Lipinski definition) is 4. The summed E-state index contributed by atoms with van der Waals surface area (Å²) in [6, 6.07) is 4.06. The summed E-state index contributed by atoms with van der Waals surface area (Å²) in [4.78, 5) is 31.1. The molecule has 5 nitrogen and oxygen atoms in total. The molecule has 128 valence electrons. The van der Waals surface area contributed by atoms with Crippen LogP contribution in [0, 0.1) is 34.6 Å². The van der Waals surface area contributed by atoms with Gasteiger partial charge in [0, 0.05) is 12.7 Å². The number of nitrogens with zero attached hydrogens (tertiary/aromatic N) is 2. The van der Waals surface area contributed by atoms with E-state index < -0.39 is 0 Å². The third-order valence-electron chi connectivity index (χ3n) is 3.77. The third kappa shape index (κ3) is 4.00. The molecular formula is C18H23N3O2S. The van der Waals surface area contributed by atoms with Gasteiger partial charge in [0.25, 0.3) is 5.91 Å². The molecule has 1 N–H and O–H groups in total. The molecule has 0 aliphatic rings. The molecule has 2 rings (SSSR count). The first-order valence-corrected chi connectivity index (χ1v) is 8.58. The van der Waals surface area contributed by atoms with Crippen molar-refractivity contribution in [1.29, 1.82) is 0 Å². The Bertz CT molecular complexity index is 773. The Morgan fingerprint density at radius 3 is 2.21 bits per heavy atom. The molecule has 24 heavy (non-hydrogen) atoms. The van der Waals surface area contributed by atoms with E-state index in [2.05, 4.69) is 10.3 Å². The molecule has 1 heterocycles.